The quantitative estimate of drug-likeness (QED) is 0.205. The van der Waals surface area contributed by atoms with Gasteiger partial charge in [-0.1, -0.05) is 12.1 Å². The molecule has 1 aromatic heterocycles. The van der Waals surface area contributed by atoms with Crippen molar-refractivity contribution in [3.05, 3.63) is 83.8 Å². The van der Waals surface area contributed by atoms with Gasteiger partial charge in [-0.05, 0) is 48.5 Å². The maximum absolute atomic E-state index is 12.6. The van der Waals surface area contributed by atoms with E-state index in [0.717, 1.165) is 30.5 Å². The molecule has 0 aliphatic rings. The summed E-state index contributed by atoms with van der Waals surface area (Å²) < 4.78 is 47.8. The van der Waals surface area contributed by atoms with E-state index >= 15 is 0 Å². The third kappa shape index (κ3) is 5.81. The second-order valence-electron chi connectivity index (χ2n) is 6.13. The lowest BCUT2D eigenvalue weighted by molar-refractivity contribution is -0.137. The average Bonchev–Trinajstić information content (AvgIpc) is 3.29. The van der Waals surface area contributed by atoms with Crippen molar-refractivity contribution in [2.24, 2.45) is 5.10 Å². The zero-order valence-electron chi connectivity index (χ0n) is 16.1. The fourth-order valence-electron chi connectivity index (χ4n) is 2.37. The highest BCUT2D eigenvalue weighted by molar-refractivity contribution is 6.39. The van der Waals surface area contributed by atoms with E-state index in [9.17, 15) is 27.6 Å². The molecule has 3 rings (SSSR count). The molecule has 3 aromatic rings. The van der Waals surface area contributed by atoms with Gasteiger partial charge in [-0.2, -0.15) is 18.3 Å². The Labute approximate surface area is 178 Å². The zero-order chi connectivity index (χ0) is 23.1. The maximum Gasteiger partial charge on any atom is 0.416 e. The van der Waals surface area contributed by atoms with Gasteiger partial charge in [0.2, 0.25) is 5.76 Å². The highest BCUT2D eigenvalue weighted by Gasteiger charge is 2.30. The number of anilines is 1. The highest BCUT2D eigenvalue weighted by Crippen LogP contribution is 2.29. The van der Waals surface area contributed by atoms with Gasteiger partial charge in [0.05, 0.1) is 18.0 Å². The zero-order valence-corrected chi connectivity index (χ0v) is 16.1. The van der Waals surface area contributed by atoms with E-state index in [1.165, 1.54) is 24.5 Å². The summed E-state index contributed by atoms with van der Waals surface area (Å²) in [4.78, 5) is 35.8. The standard InChI is InChI=1S/C21H14F3N3O5/c22-21(23,24)14-7-9-15(10-8-14)26-18(28)19(29)27-25-12-13-4-1-2-5-16(13)32-20(30)17-6-3-11-31-17/h1-12H,(H,26,28)(H,27,29)/b25-12+. The van der Waals surface area contributed by atoms with Crippen molar-refractivity contribution in [1.29, 1.82) is 0 Å². The number of amides is 2. The Hall–Kier alpha value is -4.41. The number of alkyl halides is 3. The molecule has 0 saturated carbocycles. The van der Waals surface area contributed by atoms with Gasteiger partial charge < -0.3 is 14.5 Å². The van der Waals surface area contributed by atoms with Crippen molar-refractivity contribution in [2.75, 3.05) is 5.32 Å². The number of ether oxygens (including phenoxy) is 1. The molecule has 0 aliphatic heterocycles. The summed E-state index contributed by atoms with van der Waals surface area (Å²) in [6, 6.07) is 12.8. The lowest BCUT2D eigenvalue weighted by atomic mass is 10.2. The van der Waals surface area contributed by atoms with Gasteiger partial charge >= 0.3 is 24.0 Å². The van der Waals surface area contributed by atoms with Crippen molar-refractivity contribution in [2.45, 2.75) is 6.18 Å². The fraction of sp³-hybridized carbons (Fsp3) is 0.0476. The van der Waals surface area contributed by atoms with Crippen LogP contribution in [0.25, 0.3) is 0 Å². The smallest absolute Gasteiger partial charge is 0.416 e. The predicted molar refractivity (Wildman–Crippen MR) is 106 cm³/mol. The second-order valence-corrected chi connectivity index (χ2v) is 6.13. The third-order valence-electron chi connectivity index (χ3n) is 3.89. The summed E-state index contributed by atoms with van der Waals surface area (Å²) in [5.41, 5.74) is 1.39. The molecule has 0 saturated heterocycles. The minimum atomic E-state index is -4.52. The summed E-state index contributed by atoms with van der Waals surface area (Å²) in [7, 11) is 0. The Morgan fingerprint density at radius 1 is 0.938 bits per heavy atom. The predicted octanol–water partition coefficient (Wildman–Crippen LogP) is 3.61. The third-order valence-corrected chi connectivity index (χ3v) is 3.89. The first kappa shape index (κ1) is 22.3. The molecule has 2 N–H and O–H groups in total. The summed E-state index contributed by atoms with van der Waals surface area (Å²) in [6.45, 7) is 0. The number of hydrazone groups is 1. The lowest BCUT2D eigenvalue weighted by Crippen LogP contribution is -2.32. The molecule has 8 nitrogen and oxygen atoms in total. The average molecular weight is 445 g/mol. The molecular formula is C21H14F3N3O5. The summed E-state index contributed by atoms with van der Waals surface area (Å²) in [5, 5.41) is 5.78. The molecule has 0 unspecified atom stereocenters. The molecule has 0 radical (unpaired) electrons. The van der Waals surface area contributed by atoms with E-state index in [4.69, 9.17) is 9.15 Å². The van der Waals surface area contributed by atoms with Gasteiger partial charge in [0.15, 0.2) is 0 Å². The molecule has 0 atom stereocenters. The molecule has 32 heavy (non-hydrogen) atoms. The number of carbonyl (C=O) groups excluding carboxylic acids is 3. The molecule has 2 amide bonds. The van der Waals surface area contributed by atoms with E-state index in [2.05, 4.69) is 10.4 Å². The highest BCUT2D eigenvalue weighted by atomic mass is 19.4. The number of para-hydroxylation sites is 1. The summed E-state index contributed by atoms with van der Waals surface area (Å²) in [5.74, 6) is -2.92. The Morgan fingerprint density at radius 2 is 1.66 bits per heavy atom. The van der Waals surface area contributed by atoms with Crippen molar-refractivity contribution in [3.8, 4) is 5.75 Å². The van der Waals surface area contributed by atoms with Crippen molar-refractivity contribution >= 4 is 29.7 Å². The van der Waals surface area contributed by atoms with E-state index in [1.807, 2.05) is 5.43 Å². The van der Waals surface area contributed by atoms with Crippen LogP contribution in [-0.2, 0) is 15.8 Å². The molecule has 0 spiro atoms. The SMILES string of the molecule is O=C(N/N=C/c1ccccc1OC(=O)c1ccco1)C(=O)Nc1ccc(C(F)(F)F)cc1. The van der Waals surface area contributed by atoms with Gasteiger partial charge in [0.25, 0.3) is 0 Å². The normalized spacial score (nSPS) is 11.2. The number of esters is 1. The van der Waals surface area contributed by atoms with Gasteiger partial charge in [-0.15, -0.1) is 0 Å². The van der Waals surface area contributed by atoms with Gasteiger partial charge in [0, 0.05) is 11.3 Å². The number of nitrogens with one attached hydrogen (secondary N) is 2. The molecule has 11 heteroatoms. The second kappa shape index (κ2) is 9.60. The van der Waals surface area contributed by atoms with Crippen LogP contribution in [0.15, 0.2) is 76.4 Å². The summed E-state index contributed by atoms with van der Waals surface area (Å²) in [6.07, 6.45) is -2.06. The lowest BCUT2D eigenvalue weighted by Gasteiger charge is -2.08. The number of benzene rings is 2. The van der Waals surface area contributed by atoms with Crippen LogP contribution in [0.1, 0.15) is 21.7 Å². The molecule has 1 heterocycles. The Morgan fingerprint density at radius 3 is 2.31 bits per heavy atom. The number of hydrogen-bond donors (Lipinski definition) is 2. The van der Waals surface area contributed by atoms with Crippen LogP contribution in [-0.4, -0.2) is 24.0 Å². The molecule has 0 aliphatic carbocycles. The van der Waals surface area contributed by atoms with E-state index in [-0.39, 0.29) is 17.2 Å². The first-order valence-electron chi connectivity index (χ1n) is 8.90. The minimum Gasteiger partial charge on any atom is -0.457 e. The van der Waals surface area contributed by atoms with Gasteiger partial charge in [-0.25, -0.2) is 10.2 Å². The van der Waals surface area contributed by atoms with E-state index < -0.39 is 29.5 Å². The van der Waals surface area contributed by atoms with Crippen molar-refractivity contribution in [3.63, 3.8) is 0 Å². The van der Waals surface area contributed by atoms with Crippen LogP contribution in [0, 0.1) is 0 Å². The first-order chi connectivity index (χ1) is 15.2. The van der Waals surface area contributed by atoms with Crippen molar-refractivity contribution in [1.82, 2.24) is 5.43 Å². The number of furan rings is 1. The van der Waals surface area contributed by atoms with Crippen LogP contribution in [0.4, 0.5) is 18.9 Å². The number of rotatable bonds is 5. The van der Waals surface area contributed by atoms with E-state index in [0.29, 0.717) is 5.56 Å². The van der Waals surface area contributed by atoms with Crippen molar-refractivity contribution < 1.29 is 36.7 Å². The molecule has 164 valence electrons. The van der Waals surface area contributed by atoms with Crippen LogP contribution in [0.5, 0.6) is 5.75 Å². The molecule has 2 aromatic carbocycles. The van der Waals surface area contributed by atoms with Crippen LogP contribution in [0.2, 0.25) is 0 Å². The monoisotopic (exact) mass is 445 g/mol. The van der Waals surface area contributed by atoms with Gasteiger partial charge in [-0.3, -0.25) is 9.59 Å². The first-order valence-corrected chi connectivity index (χ1v) is 8.90. The maximum atomic E-state index is 12.6. The largest absolute Gasteiger partial charge is 0.457 e. The van der Waals surface area contributed by atoms with Crippen LogP contribution >= 0.6 is 0 Å². The Bertz CT molecular complexity index is 1140. The van der Waals surface area contributed by atoms with Gasteiger partial charge in [0.1, 0.15) is 5.75 Å². The van der Waals surface area contributed by atoms with Crippen LogP contribution in [0.3, 0.4) is 0 Å². The number of nitrogens with zero attached hydrogens (tertiary/aromatic N) is 1. The molecule has 0 fully saturated rings. The number of carbonyl (C=O) groups is 3. The number of halogens is 3. The summed E-state index contributed by atoms with van der Waals surface area (Å²) >= 11 is 0. The fourth-order valence-corrected chi connectivity index (χ4v) is 2.37. The Balaban J connectivity index is 1.58. The minimum absolute atomic E-state index is 0.00249. The van der Waals surface area contributed by atoms with E-state index in [1.54, 1.807) is 18.2 Å². The Kier molecular flexibility index (Phi) is 6.68. The number of hydrogen-bond acceptors (Lipinski definition) is 6. The molecular weight excluding hydrogens is 431 g/mol. The van der Waals surface area contributed by atoms with Crippen LogP contribution < -0.4 is 15.5 Å². The topological polar surface area (TPSA) is 110 Å². The molecule has 0 bridgehead atoms.